The molecule has 0 aliphatic heterocycles. The van der Waals surface area contributed by atoms with E-state index in [1.165, 1.54) is 44.9 Å². The van der Waals surface area contributed by atoms with E-state index in [0.717, 1.165) is 30.6 Å². The first kappa shape index (κ1) is 11.1. The van der Waals surface area contributed by atoms with Crippen molar-refractivity contribution in [3.05, 3.63) is 0 Å². The lowest BCUT2D eigenvalue weighted by molar-refractivity contribution is -0.173. The molecule has 0 radical (unpaired) electrons. The van der Waals surface area contributed by atoms with Gasteiger partial charge in [0.05, 0.1) is 5.60 Å². The molecule has 0 aromatic rings. The summed E-state index contributed by atoms with van der Waals surface area (Å²) in [5.74, 6) is 3.30. The van der Waals surface area contributed by atoms with E-state index in [-0.39, 0.29) is 5.60 Å². The van der Waals surface area contributed by atoms with Crippen LogP contribution in [0.5, 0.6) is 0 Å². The lowest BCUT2D eigenvalue weighted by atomic mass is 9.49. The number of aliphatic hydroxyl groups is 1. The molecule has 4 saturated carbocycles. The van der Waals surface area contributed by atoms with Crippen LogP contribution in [0.4, 0.5) is 0 Å². The maximum Gasteiger partial charge on any atom is 0.0683 e. The monoisotopic (exact) mass is 222 g/mol. The van der Waals surface area contributed by atoms with Gasteiger partial charge in [-0.3, -0.25) is 0 Å². The van der Waals surface area contributed by atoms with Crippen LogP contribution in [-0.2, 0) is 0 Å². The molecule has 4 bridgehead atoms. The quantitative estimate of drug-likeness (QED) is 0.718. The zero-order valence-corrected chi connectivity index (χ0v) is 10.6. The zero-order valence-electron chi connectivity index (χ0n) is 10.6. The van der Waals surface area contributed by atoms with E-state index in [0.29, 0.717) is 5.92 Å². The summed E-state index contributed by atoms with van der Waals surface area (Å²) >= 11 is 0. The molecule has 0 heterocycles. The SMILES string of the molecule is CCCCC[C@@H]1C2C[C@@H]3C[C@H](C2)CC1(O)C3. The standard InChI is InChI=1S/C15H26O/c1-2-3-4-5-14-13-7-11-6-12(8-13)10-15(14,16)9-11/h11-14,16H,2-10H2,1H3/t11-,12+,13?,14-,15?/m1/s1. The van der Waals surface area contributed by atoms with Crippen molar-refractivity contribution in [2.24, 2.45) is 23.7 Å². The van der Waals surface area contributed by atoms with Crippen molar-refractivity contribution in [1.82, 2.24) is 0 Å². The summed E-state index contributed by atoms with van der Waals surface area (Å²) < 4.78 is 0. The molecular weight excluding hydrogens is 196 g/mol. The normalized spacial score (nSPS) is 49.9. The van der Waals surface area contributed by atoms with E-state index in [9.17, 15) is 5.11 Å². The molecule has 1 heteroatoms. The van der Waals surface area contributed by atoms with Crippen LogP contribution in [0.15, 0.2) is 0 Å². The van der Waals surface area contributed by atoms with Crippen LogP contribution in [0, 0.1) is 23.7 Å². The fourth-order valence-electron chi connectivity index (χ4n) is 5.22. The Kier molecular flexibility index (Phi) is 2.78. The lowest BCUT2D eigenvalue weighted by Gasteiger charge is -2.59. The number of hydrogen-bond acceptors (Lipinski definition) is 1. The van der Waals surface area contributed by atoms with Crippen LogP contribution in [0.1, 0.15) is 64.7 Å². The van der Waals surface area contributed by atoms with Gasteiger partial charge in [-0.2, -0.15) is 0 Å². The fourth-order valence-corrected chi connectivity index (χ4v) is 5.22. The van der Waals surface area contributed by atoms with Gasteiger partial charge in [-0.1, -0.05) is 26.2 Å². The van der Waals surface area contributed by atoms with Gasteiger partial charge >= 0.3 is 0 Å². The first-order valence-electron chi connectivity index (χ1n) is 7.43. The highest BCUT2D eigenvalue weighted by Crippen LogP contribution is 2.59. The third-order valence-corrected chi connectivity index (χ3v) is 5.60. The van der Waals surface area contributed by atoms with Crippen LogP contribution in [-0.4, -0.2) is 10.7 Å². The van der Waals surface area contributed by atoms with Gasteiger partial charge in [-0.25, -0.2) is 0 Å². The summed E-state index contributed by atoms with van der Waals surface area (Å²) in [6.45, 7) is 2.27. The molecule has 92 valence electrons. The Hall–Kier alpha value is -0.0400. The van der Waals surface area contributed by atoms with Crippen LogP contribution in [0.3, 0.4) is 0 Å². The molecule has 0 saturated heterocycles. The van der Waals surface area contributed by atoms with Gasteiger partial charge in [-0.05, 0) is 62.2 Å². The van der Waals surface area contributed by atoms with Gasteiger partial charge in [0.1, 0.15) is 0 Å². The first-order valence-corrected chi connectivity index (χ1v) is 7.43. The fraction of sp³-hybridized carbons (Fsp3) is 1.00. The van der Waals surface area contributed by atoms with E-state index in [2.05, 4.69) is 6.92 Å². The summed E-state index contributed by atoms with van der Waals surface area (Å²) in [5.41, 5.74) is -0.234. The van der Waals surface area contributed by atoms with E-state index < -0.39 is 0 Å². The topological polar surface area (TPSA) is 20.2 Å². The Labute approximate surface area is 99.6 Å². The van der Waals surface area contributed by atoms with Crippen molar-refractivity contribution >= 4 is 0 Å². The van der Waals surface area contributed by atoms with Crippen molar-refractivity contribution in [3.63, 3.8) is 0 Å². The third-order valence-electron chi connectivity index (χ3n) is 5.60. The van der Waals surface area contributed by atoms with Crippen molar-refractivity contribution in [2.45, 2.75) is 70.3 Å². The highest BCUT2D eigenvalue weighted by atomic mass is 16.3. The molecular formula is C15H26O. The summed E-state index contributed by atoms with van der Waals surface area (Å²) in [7, 11) is 0. The number of rotatable bonds is 4. The largest absolute Gasteiger partial charge is 0.390 e. The molecule has 5 atom stereocenters. The van der Waals surface area contributed by atoms with E-state index in [4.69, 9.17) is 0 Å². The smallest absolute Gasteiger partial charge is 0.0683 e. The highest BCUT2D eigenvalue weighted by molar-refractivity contribution is 5.06. The van der Waals surface area contributed by atoms with Gasteiger partial charge in [-0.15, -0.1) is 0 Å². The van der Waals surface area contributed by atoms with E-state index in [1.807, 2.05) is 0 Å². The van der Waals surface area contributed by atoms with Crippen molar-refractivity contribution < 1.29 is 5.11 Å². The molecule has 1 nitrogen and oxygen atoms in total. The molecule has 16 heavy (non-hydrogen) atoms. The molecule has 1 N–H and O–H groups in total. The van der Waals surface area contributed by atoms with Crippen LogP contribution >= 0.6 is 0 Å². The summed E-state index contributed by atoms with van der Waals surface area (Å²) in [6, 6.07) is 0. The minimum absolute atomic E-state index is 0.234. The second-order valence-corrected chi connectivity index (χ2v) is 6.81. The predicted molar refractivity (Wildman–Crippen MR) is 66.1 cm³/mol. The molecule has 4 aliphatic carbocycles. The molecule has 2 unspecified atom stereocenters. The summed E-state index contributed by atoms with van der Waals surface area (Å²) in [6.07, 6.45) is 11.9. The average molecular weight is 222 g/mol. The van der Waals surface area contributed by atoms with Crippen LogP contribution in [0.25, 0.3) is 0 Å². The van der Waals surface area contributed by atoms with Crippen molar-refractivity contribution in [2.75, 3.05) is 0 Å². The Balaban J connectivity index is 1.69. The van der Waals surface area contributed by atoms with E-state index >= 15 is 0 Å². The molecule has 4 rings (SSSR count). The number of unbranched alkanes of at least 4 members (excludes halogenated alkanes) is 2. The van der Waals surface area contributed by atoms with Gasteiger partial charge in [0.25, 0.3) is 0 Å². The molecule has 4 fully saturated rings. The predicted octanol–water partition coefficient (Wildman–Crippen LogP) is 3.75. The van der Waals surface area contributed by atoms with Gasteiger partial charge < -0.3 is 5.11 Å². The molecule has 0 spiro atoms. The average Bonchev–Trinajstić information content (AvgIpc) is 2.20. The molecule has 0 amide bonds. The van der Waals surface area contributed by atoms with Crippen molar-refractivity contribution in [3.8, 4) is 0 Å². The summed E-state index contributed by atoms with van der Waals surface area (Å²) in [5, 5.41) is 10.9. The van der Waals surface area contributed by atoms with Crippen LogP contribution < -0.4 is 0 Å². The second-order valence-electron chi connectivity index (χ2n) is 6.81. The molecule has 0 aromatic heterocycles. The summed E-state index contributed by atoms with van der Waals surface area (Å²) in [4.78, 5) is 0. The minimum Gasteiger partial charge on any atom is -0.390 e. The first-order chi connectivity index (χ1) is 7.71. The highest BCUT2D eigenvalue weighted by Gasteiger charge is 2.55. The second kappa shape index (κ2) is 4.01. The Morgan fingerprint density at radius 2 is 1.75 bits per heavy atom. The van der Waals surface area contributed by atoms with Gasteiger partial charge in [0, 0.05) is 0 Å². The Morgan fingerprint density at radius 1 is 1.06 bits per heavy atom. The van der Waals surface area contributed by atoms with E-state index in [1.54, 1.807) is 0 Å². The van der Waals surface area contributed by atoms with Crippen molar-refractivity contribution in [1.29, 1.82) is 0 Å². The number of hydrogen-bond donors (Lipinski definition) is 1. The minimum atomic E-state index is -0.234. The van der Waals surface area contributed by atoms with Gasteiger partial charge in [0.15, 0.2) is 0 Å². The Bertz CT molecular complexity index is 246. The molecule has 0 aromatic carbocycles. The van der Waals surface area contributed by atoms with Gasteiger partial charge in [0.2, 0.25) is 0 Å². The van der Waals surface area contributed by atoms with Crippen LogP contribution in [0.2, 0.25) is 0 Å². The Morgan fingerprint density at radius 3 is 2.31 bits per heavy atom. The zero-order chi connectivity index (χ0) is 11.2. The maximum absolute atomic E-state index is 10.9. The maximum atomic E-state index is 10.9. The lowest BCUT2D eigenvalue weighted by Crippen LogP contribution is -2.57. The third kappa shape index (κ3) is 1.72. The molecule has 4 aliphatic rings.